The molecule has 0 bridgehead atoms. The topological polar surface area (TPSA) is 29.1 Å². The number of thiophene rings is 1. The fourth-order valence-corrected chi connectivity index (χ4v) is 2.54. The summed E-state index contributed by atoms with van der Waals surface area (Å²) in [4.78, 5) is 12.8. The summed E-state index contributed by atoms with van der Waals surface area (Å²) in [6, 6.07) is 1.63. The van der Waals surface area contributed by atoms with E-state index >= 15 is 0 Å². The lowest BCUT2D eigenvalue weighted by Gasteiger charge is -2.06. The second-order valence-corrected chi connectivity index (χ2v) is 5.19. The number of alkyl halides is 3. The number of hydrogen-bond donors (Lipinski definition) is 1. The number of amides is 1. The van der Waals surface area contributed by atoms with Crippen LogP contribution in [-0.4, -0.2) is 18.6 Å². The van der Waals surface area contributed by atoms with Crippen molar-refractivity contribution < 1.29 is 18.0 Å². The zero-order valence-electron chi connectivity index (χ0n) is 9.81. The lowest BCUT2D eigenvalue weighted by Crippen LogP contribution is -2.33. The molecule has 0 unspecified atom stereocenters. The van der Waals surface area contributed by atoms with Crippen LogP contribution in [0.3, 0.4) is 0 Å². The summed E-state index contributed by atoms with van der Waals surface area (Å²) < 4.78 is 35.8. The third-order valence-electron chi connectivity index (χ3n) is 2.15. The monoisotopic (exact) mass is 265 g/mol. The summed E-state index contributed by atoms with van der Waals surface area (Å²) in [5.41, 5.74) is 0.946. The first-order valence-corrected chi connectivity index (χ1v) is 5.97. The van der Waals surface area contributed by atoms with Crippen LogP contribution in [0.4, 0.5) is 13.2 Å². The average Bonchev–Trinajstić information content (AvgIpc) is 2.55. The number of carbonyl (C=O) groups excluding carboxylic acids is 1. The maximum Gasteiger partial charge on any atom is 0.405 e. The van der Waals surface area contributed by atoms with Gasteiger partial charge in [-0.3, -0.25) is 4.79 Å². The minimum Gasteiger partial charge on any atom is -0.342 e. The molecule has 0 aromatic carbocycles. The molecule has 0 spiro atoms. The first kappa shape index (κ1) is 14.0. The lowest BCUT2D eigenvalue weighted by atomic mass is 10.1. The first-order valence-electron chi connectivity index (χ1n) is 5.16. The number of rotatable bonds is 3. The highest BCUT2D eigenvalue weighted by molar-refractivity contribution is 7.14. The predicted molar refractivity (Wildman–Crippen MR) is 61.5 cm³/mol. The molecule has 0 aliphatic heterocycles. The van der Waals surface area contributed by atoms with Crippen LogP contribution in [0, 0.1) is 6.92 Å². The highest BCUT2D eigenvalue weighted by Crippen LogP contribution is 2.28. The molecular weight excluding hydrogens is 251 g/mol. The average molecular weight is 265 g/mol. The molecule has 0 aliphatic rings. The van der Waals surface area contributed by atoms with Crippen LogP contribution in [0.15, 0.2) is 6.07 Å². The van der Waals surface area contributed by atoms with Crippen LogP contribution in [0.2, 0.25) is 0 Å². The van der Waals surface area contributed by atoms with Crippen LogP contribution >= 0.6 is 11.3 Å². The Morgan fingerprint density at radius 2 is 2.06 bits per heavy atom. The van der Waals surface area contributed by atoms with E-state index in [4.69, 9.17) is 0 Å². The Hall–Kier alpha value is -1.04. The summed E-state index contributed by atoms with van der Waals surface area (Å²) in [6.45, 7) is 4.53. The van der Waals surface area contributed by atoms with Gasteiger partial charge in [0.25, 0.3) is 5.91 Å². The van der Waals surface area contributed by atoms with Gasteiger partial charge < -0.3 is 5.32 Å². The molecule has 0 radical (unpaired) electrons. The molecule has 0 fully saturated rings. The van der Waals surface area contributed by atoms with E-state index in [1.807, 2.05) is 26.1 Å². The smallest absolute Gasteiger partial charge is 0.342 e. The second kappa shape index (κ2) is 5.08. The van der Waals surface area contributed by atoms with Gasteiger partial charge in [0.15, 0.2) is 0 Å². The van der Waals surface area contributed by atoms with Crippen molar-refractivity contribution in [1.82, 2.24) is 5.32 Å². The molecule has 6 heteroatoms. The van der Waals surface area contributed by atoms with Gasteiger partial charge in [0.05, 0.1) is 4.88 Å². The van der Waals surface area contributed by atoms with Crippen molar-refractivity contribution in [1.29, 1.82) is 0 Å². The number of hydrogen-bond acceptors (Lipinski definition) is 2. The van der Waals surface area contributed by atoms with E-state index < -0.39 is 18.6 Å². The van der Waals surface area contributed by atoms with Gasteiger partial charge in [0.2, 0.25) is 0 Å². The minimum absolute atomic E-state index is 0.268. The second-order valence-electron chi connectivity index (χ2n) is 4.11. The molecular formula is C11H14F3NOS. The van der Waals surface area contributed by atoms with E-state index in [0.29, 0.717) is 4.88 Å². The number of halogens is 3. The summed E-state index contributed by atoms with van der Waals surface area (Å²) in [5, 5.41) is 1.86. The van der Waals surface area contributed by atoms with Gasteiger partial charge in [-0.1, -0.05) is 13.8 Å². The van der Waals surface area contributed by atoms with Gasteiger partial charge in [-0.15, -0.1) is 11.3 Å². The Bertz CT molecular complexity index is 409. The lowest BCUT2D eigenvalue weighted by molar-refractivity contribution is -0.123. The van der Waals surface area contributed by atoms with Crippen LogP contribution < -0.4 is 5.32 Å². The van der Waals surface area contributed by atoms with Crippen molar-refractivity contribution >= 4 is 17.2 Å². The molecule has 1 amide bonds. The molecule has 17 heavy (non-hydrogen) atoms. The molecule has 0 saturated carbocycles. The van der Waals surface area contributed by atoms with Crippen LogP contribution in [0.1, 0.15) is 39.9 Å². The van der Waals surface area contributed by atoms with Crippen LogP contribution in [0.5, 0.6) is 0 Å². The largest absolute Gasteiger partial charge is 0.405 e. The summed E-state index contributed by atoms with van der Waals surface area (Å²) in [5.74, 6) is -0.397. The zero-order chi connectivity index (χ0) is 13.2. The maximum atomic E-state index is 11.9. The quantitative estimate of drug-likeness (QED) is 0.890. The van der Waals surface area contributed by atoms with Gasteiger partial charge in [-0.2, -0.15) is 13.2 Å². The van der Waals surface area contributed by atoms with E-state index in [2.05, 4.69) is 0 Å². The SMILES string of the molecule is Cc1cc(C(=O)NCC(F)(F)F)sc1C(C)C. The molecule has 1 aromatic rings. The van der Waals surface area contributed by atoms with Crippen molar-refractivity contribution in [3.63, 3.8) is 0 Å². The Morgan fingerprint density at radius 1 is 1.47 bits per heavy atom. The zero-order valence-corrected chi connectivity index (χ0v) is 10.6. The Balaban J connectivity index is 2.73. The molecule has 1 rings (SSSR count). The highest BCUT2D eigenvalue weighted by Gasteiger charge is 2.28. The third kappa shape index (κ3) is 4.03. The number of carbonyl (C=O) groups is 1. The van der Waals surface area contributed by atoms with E-state index in [-0.39, 0.29) is 5.92 Å². The summed E-state index contributed by atoms with van der Waals surface area (Å²) in [7, 11) is 0. The van der Waals surface area contributed by atoms with Crippen molar-refractivity contribution in [2.24, 2.45) is 0 Å². The Morgan fingerprint density at radius 3 is 2.47 bits per heavy atom. The maximum absolute atomic E-state index is 11.9. The van der Waals surface area contributed by atoms with Crippen molar-refractivity contribution in [2.75, 3.05) is 6.54 Å². The normalized spacial score (nSPS) is 11.9. The molecule has 1 aromatic heterocycles. The minimum atomic E-state index is -4.37. The van der Waals surface area contributed by atoms with Crippen molar-refractivity contribution in [3.8, 4) is 0 Å². The van der Waals surface area contributed by atoms with Crippen molar-refractivity contribution in [2.45, 2.75) is 32.9 Å². The predicted octanol–water partition coefficient (Wildman–Crippen LogP) is 3.47. The molecule has 1 N–H and O–H groups in total. The molecule has 0 aliphatic carbocycles. The molecule has 0 saturated heterocycles. The first-order chi connectivity index (χ1) is 7.70. The Kier molecular flexibility index (Phi) is 4.19. The Labute approximate surface area is 102 Å². The van der Waals surface area contributed by atoms with E-state index in [1.165, 1.54) is 11.3 Å². The molecule has 96 valence electrons. The van der Waals surface area contributed by atoms with E-state index in [9.17, 15) is 18.0 Å². The van der Waals surface area contributed by atoms with Gasteiger partial charge >= 0.3 is 6.18 Å². The van der Waals surface area contributed by atoms with Crippen LogP contribution in [0.25, 0.3) is 0 Å². The molecule has 2 nitrogen and oxygen atoms in total. The van der Waals surface area contributed by atoms with Gasteiger partial charge in [0, 0.05) is 4.88 Å². The fourth-order valence-electron chi connectivity index (χ4n) is 1.45. The molecule has 1 heterocycles. The number of aryl methyl sites for hydroxylation is 1. The third-order valence-corrected chi connectivity index (χ3v) is 3.69. The summed E-state index contributed by atoms with van der Waals surface area (Å²) >= 11 is 1.25. The van der Waals surface area contributed by atoms with Gasteiger partial charge in [-0.05, 0) is 24.5 Å². The highest BCUT2D eigenvalue weighted by atomic mass is 32.1. The van der Waals surface area contributed by atoms with Crippen LogP contribution in [-0.2, 0) is 0 Å². The number of nitrogens with one attached hydrogen (secondary N) is 1. The van der Waals surface area contributed by atoms with Gasteiger partial charge in [-0.25, -0.2) is 0 Å². The summed E-state index contributed by atoms with van der Waals surface area (Å²) in [6.07, 6.45) is -4.37. The van der Waals surface area contributed by atoms with Crippen molar-refractivity contribution in [3.05, 3.63) is 21.4 Å². The standard InChI is InChI=1S/C11H14F3NOS/c1-6(2)9-7(3)4-8(17-9)10(16)15-5-11(12,13)14/h4,6H,5H2,1-3H3,(H,15,16). The molecule has 0 atom stereocenters. The van der Waals surface area contributed by atoms with E-state index in [0.717, 1.165) is 10.4 Å². The fraction of sp³-hybridized carbons (Fsp3) is 0.545. The van der Waals surface area contributed by atoms with Gasteiger partial charge in [0.1, 0.15) is 6.54 Å². The van der Waals surface area contributed by atoms with E-state index in [1.54, 1.807) is 6.07 Å².